The maximum Gasteiger partial charge on any atom is 0.136 e. The van der Waals surface area contributed by atoms with Crippen molar-refractivity contribution in [3.8, 4) is 5.75 Å². The molecule has 0 aliphatic rings. The van der Waals surface area contributed by atoms with Gasteiger partial charge in [-0.05, 0) is 30.5 Å². The first-order valence-corrected chi connectivity index (χ1v) is 6.62. The molecule has 0 radical (unpaired) electrons. The Morgan fingerprint density at radius 3 is 2.88 bits per heavy atom. The molecule has 17 heavy (non-hydrogen) atoms. The molecular formula is C13H15BrN2O. The highest BCUT2D eigenvalue weighted by atomic mass is 79.9. The molecular weight excluding hydrogens is 280 g/mol. The second kappa shape index (κ2) is 4.92. The molecule has 4 heteroatoms. The predicted molar refractivity (Wildman–Crippen MR) is 75.1 cm³/mol. The average molecular weight is 295 g/mol. The Kier molecular flexibility index (Phi) is 3.52. The summed E-state index contributed by atoms with van der Waals surface area (Å²) in [7, 11) is 2.01. The van der Waals surface area contributed by atoms with Crippen molar-refractivity contribution in [2.24, 2.45) is 0 Å². The van der Waals surface area contributed by atoms with Crippen LogP contribution in [0.1, 0.15) is 6.92 Å². The van der Waals surface area contributed by atoms with Gasteiger partial charge in [0.15, 0.2) is 0 Å². The van der Waals surface area contributed by atoms with Crippen molar-refractivity contribution in [3.63, 3.8) is 0 Å². The number of rotatable bonds is 3. The van der Waals surface area contributed by atoms with Crippen LogP contribution in [0.2, 0.25) is 0 Å². The van der Waals surface area contributed by atoms with Crippen molar-refractivity contribution >= 4 is 32.5 Å². The van der Waals surface area contributed by atoms with E-state index in [9.17, 15) is 5.11 Å². The van der Waals surface area contributed by atoms with Gasteiger partial charge in [-0.15, -0.1) is 0 Å². The lowest BCUT2D eigenvalue weighted by Crippen LogP contribution is -2.30. The van der Waals surface area contributed by atoms with Crippen LogP contribution >= 0.6 is 15.9 Å². The van der Waals surface area contributed by atoms with E-state index in [0.29, 0.717) is 6.04 Å². The van der Waals surface area contributed by atoms with Crippen molar-refractivity contribution in [3.05, 3.63) is 30.5 Å². The molecule has 1 N–H and O–H groups in total. The maximum absolute atomic E-state index is 9.58. The summed E-state index contributed by atoms with van der Waals surface area (Å²) >= 11 is 3.47. The standard InChI is InChI=1S/C13H15BrN2O/c1-9(8-14)16(2)13-12-7-11(17)4-3-10(12)5-6-15-13/h3-7,9,17H,8H2,1-2H3. The topological polar surface area (TPSA) is 36.4 Å². The van der Waals surface area contributed by atoms with Gasteiger partial charge in [0.25, 0.3) is 0 Å². The molecule has 90 valence electrons. The number of aromatic nitrogens is 1. The van der Waals surface area contributed by atoms with Crippen LogP contribution in [0.15, 0.2) is 30.5 Å². The van der Waals surface area contributed by atoms with Gasteiger partial charge >= 0.3 is 0 Å². The SMILES string of the molecule is CC(CBr)N(C)c1nccc2ccc(O)cc12. The third-order valence-electron chi connectivity index (χ3n) is 2.95. The molecule has 1 aromatic heterocycles. The summed E-state index contributed by atoms with van der Waals surface area (Å²) < 4.78 is 0. The lowest BCUT2D eigenvalue weighted by Gasteiger charge is -2.25. The number of alkyl halides is 1. The highest BCUT2D eigenvalue weighted by Gasteiger charge is 2.13. The normalized spacial score (nSPS) is 12.6. The van der Waals surface area contributed by atoms with E-state index in [-0.39, 0.29) is 5.75 Å². The van der Waals surface area contributed by atoms with Crippen molar-refractivity contribution < 1.29 is 5.11 Å². The number of aromatic hydroxyl groups is 1. The molecule has 0 amide bonds. The molecule has 0 saturated heterocycles. The van der Waals surface area contributed by atoms with Gasteiger partial charge in [-0.2, -0.15) is 0 Å². The van der Waals surface area contributed by atoms with Gasteiger partial charge < -0.3 is 10.0 Å². The molecule has 0 spiro atoms. The largest absolute Gasteiger partial charge is 0.508 e. The Bertz CT molecular complexity index is 530. The van der Waals surface area contributed by atoms with Gasteiger partial charge in [-0.3, -0.25) is 0 Å². The summed E-state index contributed by atoms with van der Waals surface area (Å²) in [6, 6.07) is 7.65. The van der Waals surface area contributed by atoms with Gasteiger partial charge in [0, 0.05) is 30.0 Å². The van der Waals surface area contributed by atoms with E-state index in [2.05, 4.69) is 32.7 Å². The minimum Gasteiger partial charge on any atom is -0.508 e. The third-order valence-corrected chi connectivity index (χ3v) is 3.88. The molecule has 1 heterocycles. The Hall–Kier alpha value is -1.29. The summed E-state index contributed by atoms with van der Waals surface area (Å²) in [6.07, 6.45) is 1.80. The number of halogens is 1. The highest BCUT2D eigenvalue weighted by molar-refractivity contribution is 9.09. The van der Waals surface area contributed by atoms with E-state index < -0.39 is 0 Å². The van der Waals surface area contributed by atoms with Gasteiger partial charge in [-0.1, -0.05) is 22.0 Å². The summed E-state index contributed by atoms with van der Waals surface area (Å²) in [5.41, 5.74) is 0. The van der Waals surface area contributed by atoms with Crippen LogP contribution in [0.5, 0.6) is 5.75 Å². The molecule has 1 aromatic carbocycles. The Morgan fingerprint density at radius 1 is 1.41 bits per heavy atom. The quantitative estimate of drug-likeness (QED) is 0.884. The molecule has 1 unspecified atom stereocenters. The molecule has 0 fully saturated rings. The maximum atomic E-state index is 9.58. The van der Waals surface area contributed by atoms with Crippen molar-refractivity contribution in [1.82, 2.24) is 4.98 Å². The summed E-state index contributed by atoms with van der Waals surface area (Å²) in [4.78, 5) is 6.52. The smallest absolute Gasteiger partial charge is 0.136 e. The van der Waals surface area contributed by atoms with Crippen molar-refractivity contribution in [2.75, 3.05) is 17.3 Å². The lowest BCUT2D eigenvalue weighted by atomic mass is 10.1. The minimum absolute atomic E-state index is 0.270. The first-order chi connectivity index (χ1) is 8.13. The number of hydrogen-bond donors (Lipinski definition) is 1. The fourth-order valence-corrected chi connectivity index (χ4v) is 2.17. The second-order valence-corrected chi connectivity index (χ2v) is 4.80. The number of benzene rings is 1. The summed E-state index contributed by atoms with van der Waals surface area (Å²) in [5.74, 6) is 1.16. The number of fused-ring (bicyclic) bond motifs is 1. The zero-order chi connectivity index (χ0) is 12.4. The van der Waals surface area contributed by atoms with Crippen LogP contribution in [-0.2, 0) is 0 Å². The van der Waals surface area contributed by atoms with Gasteiger partial charge in [0.05, 0.1) is 0 Å². The van der Waals surface area contributed by atoms with E-state index in [1.165, 1.54) is 0 Å². The lowest BCUT2D eigenvalue weighted by molar-refractivity contribution is 0.476. The van der Waals surface area contributed by atoms with Gasteiger partial charge in [-0.25, -0.2) is 4.98 Å². The van der Waals surface area contributed by atoms with E-state index in [0.717, 1.165) is 21.9 Å². The second-order valence-electron chi connectivity index (χ2n) is 4.15. The van der Waals surface area contributed by atoms with E-state index in [1.54, 1.807) is 18.3 Å². The number of phenols is 1. The fourth-order valence-electron chi connectivity index (χ4n) is 1.73. The number of hydrogen-bond acceptors (Lipinski definition) is 3. The summed E-state index contributed by atoms with van der Waals surface area (Å²) in [6.45, 7) is 2.12. The molecule has 0 aliphatic carbocycles. The zero-order valence-corrected chi connectivity index (χ0v) is 11.5. The minimum atomic E-state index is 0.270. The van der Waals surface area contributed by atoms with E-state index in [1.807, 2.05) is 19.2 Å². The number of nitrogens with zero attached hydrogens (tertiary/aromatic N) is 2. The monoisotopic (exact) mass is 294 g/mol. The highest BCUT2D eigenvalue weighted by Crippen LogP contribution is 2.28. The number of anilines is 1. The molecule has 0 bridgehead atoms. The number of phenolic OH excluding ortho intramolecular Hbond substituents is 1. The van der Waals surface area contributed by atoms with Gasteiger partial charge in [0.2, 0.25) is 0 Å². The van der Waals surface area contributed by atoms with E-state index >= 15 is 0 Å². The van der Waals surface area contributed by atoms with Crippen LogP contribution in [-0.4, -0.2) is 28.5 Å². The molecule has 2 rings (SSSR count). The van der Waals surface area contributed by atoms with Crippen LogP contribution in [0, 0.1) is 0 Å². The molecule has 0 saturated carbocycles. The van der Waals surface area contributed by atoms with Crippen molar-refractivity contribution in [2.45, 2.75) is 13.0 Å². The zero-order valence-electron chi connectivity index (χ0n) is 9.89. The van der Waals surface area contributed by atoms with Gasteiger partial charge in [0.1, 0.15) is 11.6 Å². The molecule has 1 atom stereocenters. The average Bonchev–Trinajstić information content (AvgIpc) is 2.36. The van der Waals surface area contributed by atoms with Crippen LogP contribution in [0.3, 0.4) is 0 Å². The Morgan fingerprint density at radius 2 is 2.18 bits per heavy atom. The third kappa shape index (κ3) is 2.36. The van der Waals surface area contributed by atoms with Crippen LogP contribution in [0.25, 0.3) is 10.8 Å². The van der Waals surface area contributed by atoms with Crippen LogP contribution < -0.4 is 4.90 Å². The molecule has 2 aromatic rings. The summed E-state index contributed by atoms with van der Waals surface area (Å²) in [5, 5.41) is 12.5. The first-order valence-electron chi connectivity index (χ1n) is 5.50. The van der Waals surface area contributed by atoms with Crippen molar-refractivity contribution in [1.29, 1.82) is 0 Å². The number of pyridine rings is 1. The Balaban J connectivity index is 2.57. The fraction of sp³-hybridized carbons (Fsp3) is 0.308. The predicted octanol–water partition coefficient (Wildman–Crippen LogP) is 3.16. The van der Waals surface area contributed by atoms with Crippen LogP contribution in [0.4, 0.5) is 5.82 Å². The Labute approximate surface area is 109 Å². The molecule has 0 aliphatic heterocycles. The first kappa shape index (κ1) is 12.2. The van der Waals surface area contributed by atoms with E-state index in [4.69, 9.17) is 0 Å². The molecule has 3 nitrogen and oxygen atoms in total.